The number of benzene rings is 1. The summed E-state index contributed by atoms with van der Waals surface area (Å²) in [5.41, 5.74) is 5.19. The normalized spacial score (nSPS) is 16.5. The highest BCUT2D eigenvalue weighted by Gasteiger charge is 2.27. The maximum atomic E-state index is 11.4. The van der Waals surface area contributed by atoms with Gasteiger partial charge in [0.2, 0.25) is 0 Å². The molecule has 1 aromatic heterocycles. The highest BCUT2D eigenvalue weighted by molar-refractivity contribution is 5.69. The molecule has 0 saturated carbocycles. The molecule has 1 aromatic carbocycles. The average molecular weight is 441 g/mol. The summed E-state index contributed by atoms with van der Waals surface area (Å²) in [6.07, 6.45) is 5.95. The second-order valence-corrected chi connectivity index (χ2v) is 8.61. The minimum atomic E-state index is -0.762. The molecule has 174 valence electrons. The number of hydrogen-bond donors (Lipinski definition) is 2. The molecule has 0 amide bonds. The molecule has 1 saturated heterocycles. The van der Waals surface area contributed by atoms with E-state index in [4.69, 9.17) is 9.47 Å². The van der Waals surface area contributed by atoms with E-state index in [2.05, 4.69) is 35.4 Å². The number of carbonyl (C=O) groups is 1. The number of aromatic nitrogens is 1. The zero-order valence-electron chi connectivity index (χ0n) is 19.5. The van der Waals surface area contributed by atoms with Gasteiger partial charge in [0.1, 0.15) is 0 Å². The molecule has 2 atom stereocenters. The van der Waals surface area contributed by atoms with Crippen LogP contribution in [0.15, 0.2) is 36.5 Å². The van der Waals surface area contributed by atoms with Crippen molar-refractivity contribution in [1.29, 1.82) is 0 Å². The average Bonchev–Trinajstić information content (AvgIpc) is 2.81. The van der Waals surface area contributed by atoms with E-state index in [1.165, 1.54) is 5.56 Å². The van der Waals surface area contributed by atoms with Gasteiger partial charge in [-0.15, -0.1) is 0 Å². The Hall–Kier alpha value is -2.44. The number of carboxylic acids is 1. The van der Waals surface area contributed by atoms with E-state index in [9.17, 15) is 9.90 Å². The second kappa shape index (κ2) is 12.0. The third-order valence-corrected chi connectivity index (χ3v) is 6.53. The molecular weight excluding hydrogens is 404 g/mol. The number of carboxylic acid groups (broad SMARTS) is 1. The molecule has 1 unspecified atom stereocenters. The smallest absolute Gasteiger partial charge is 0.303 e. The van der Waals surface area contributed by atoms with Gasteiger partial charge in [-0.05, 0) is 72.8 Å². The fraction of sp³-hybridized carbons (Fsp3) is 0.538. The van der Waals surface area contributed by atoms with Crippen LogP contribution in [-0.2, 0) is 20.9 Å². The lowest BCUT2D eigenvalue weighted by atomic mass is 9.78. The van der Waals surface area contributed by atoms with Crippen molar-refractivity contribution in [3.8, 4) is 0 Å². The first-order valence-corrected chi connectivity index (χ1v) is 11.7. The molecule has 0 radical (unpaired) electrons. The summed E-state index contributed by atoms with van der Waals surface area (Å²) in [5.74, 6) is 0.244. The Balaban J connectivity index is 1.96. The number of pyridine rings is 1. The molecule has 2 heterocycles. The largest absolute Gasteiger partial charge is 0.481 e. The van der Waals surface area contributed by atoms with Gasteiger partial charge in [-0.25, -0.2) is 0 Å². The Morgan fingerprint density at radius 1 is 1.22 bits per heavy atom. The van der Waals surface area contributed by atoms with Gasteiger partial charge < -0.3 is 19.9 Å². The fourth-order valence-corrected chi connectivity index (χ4v) is 4.78. The number of anilines is 2. The van der Waals surface area contributed by atoms with Crippen LogP contribution < -0.4 is 5.32 Å². The maximum absolute atomic E-state index is 11.4. The molecule has 32 heavy (non-hydrogen) atoms. The van der Waals surface area contributed by atoms with Crippen LogP contribution in [0.25, 0.3) is 0 Å². The van der Waals surface area contributed by atoms with Crippen molar-refractivity contribution >= 4 is 17.3 Å². The molecule has 1 fully saturated rings. The summed E-state index contributed by atoms with van der Waals surface area (Å²) in [4.78, 5) is 15.9. The fourth-order valence-electron chi connectivity index (χ4n) is 4.78. The zero-order valence-corrected chi connectivity index (χ0v) is 19.5. The number of aliphatic carboxylic acids is 1. The molecule has 2 aromatic rings. The third-order valence-electron chi connectivity index (χ3n) is 6.53. The van der Waals surface area contributed by atoms with Crippen LogP contribution in [0.3, 0.4) is 0 Å². The number of nitrogens with one attached hydrogen (secondary N) is 1. The van der Waals surface area contributed by atoms with Crippen molar-refractivity contribution in [1.82, 2.24) is 4.98 Å². The minimum Gasteiger partial charge on any atom is -0.481 e. The molecule has 6 nitrogen and oxygen atoms in total. The van der Waals surface area contributed by atoms with Gasteiger partial charge in [0.25, 0.3) is 0 Å². The van der Waals surface area contributed by atoms with E-state index in [0.29, 0.717) is 18.4 Å². The number of rotatable bonds is 11. The van der Waals surface area contributed by atoms with Gasteiger partial charge in [0.05, 0.1) is 30.6 Å². The van der Waals surface area contributed by atoms with Crippen molar-refractivity contribution in [3.63, 3.8) is 0 Å². The first kappa shape index (κ1) is 24.2. The summed E-state index contributed by atoms with van der Waals surface area (Å²) >= 11 is 0. The van der Waals surface area contributed by atoms with E-state index in [1.54, 1.807) is 7.11 Å². The van der Waals surface area contributed by atoms with Gasteiger partial charge in [-0.2, -0.15) is 0 Å². The SMILES string of the molecule is CCC(CC(=O)O)c1ccc([C@@H](CC)C2CCOCC2)c(Nc2ccc(COC)nc2)c1. The van der Waals surface area contributed by atoms with Crippen molar-refractivity contribution in [2.75, 3.05) is 25.6 Å². The molecule has 1 aliphatic rings. The van der Waals surface area contributed by atoms with Crippen LogP contribution in [0.2, 0.25) is 0 Å². The predicted octanol–water partition coefficient (Wildman–Crippen LogP) is 5.86. The van der Waals surface area contributed by atoms with Crippen molar-refractivity contribution in [3.05, 3.63) is 53.3 Å². The maximum Gasteiger partial charge on any atom is 0.303 e. The first-order chi connectivity index (χ1) is 15.5. The molecule has 2 N–H and O–H groups in total. The van der Waals surface area contributed by atoms with Crippen molar-refractivity contribution in [2.24, 2.45) is 5.92 Å². The van der Waals surface area contributed by atoms with Gasteiger partial charge >= 0.3 is 5.97 Å². The zero-order chi connectivity index (χ0) is 22.9. The molecule has 6 heteroatoms. The standard InChI is InChI=1S/C26H36N2O4/c1-4-18(15-26(29)30)20-6-9-24(23(5-2)19-10-12-32-13-11-19)25(14-20)28-21-7-8-22(17-31-3)27-16-21/h6-9,14,16,18-19,23,28H,4-5,10-13,15,17H2,1-3H3,(H,29,30)/t18?,23-/m0/s1. The summed E-state index contributed by atoms with van der Waals surface area (Å²) in [6, 6.07) is 10.5. The molecule has 0 bridgehead atoms. The van der Waals surface area contributed by atoms with Crippen molar-refractivity contribution in [2.45, 2.75) is 64.4 Å². The Bertz CT molecular complexity index is 863. The first-order valence-electron chi connectivity index (χ1n) is 11.7. The minimum absolute atomic E-state index is 0.00698. The lowest BCUT2D eigenvalue weighted by Crippen LogP contribution is -2.22. The molecule has 0 aliphatic carbocycles. The van der Waals surface area contributed by atoms with Gasteiger partial charge in [-0.1, -0.05) is 26.0 Å². The quantitative estimate of drug-likeness (QED) is 0.455. The molecule has 0 spiro atoms. The Labute approximate surface area is 191 Å². The second-order valence-electron chi connectivity index (χ2n) is 8.61. The Morgan fingerprint density at radius 2 is 2.00 bits per heavy atom. The van der Waals surface area contributed by atoms with Crippen LogP contribution >= 0.6 is 0 Å². The summed E-state index contributed by atoms with van der Waals surface area (Å²) in [6.45, 7) is 6.42. The van der Waals surface area contributed by atoms with Crippen LogP contribution in [0.1, 0.15) is 74.6 Å². The molecule has 3 rings (SSSR count). The number of methoxy groups -OCH3 is 1. The lowest BCUT2D eigenvalue weighted by Gasteiger charge is -2.32. The highest BCUT2D eigenvalue weighted by Crippen LogP contribution is 2.40. The monoisotopic (exact) mass is 440 g/mol. The summed E-state index contributed by atoms with van der Waals surface area (Å²) in [7, 11) is 1.66. The summed E-state index contributed by atoms with van der Waals surface area (Å²) in [5, 5.41) is 12.9. The molecule has 1 aliphatic heterocycles. The topological polar surface area (TPSA) is 80.7 Å². The van der Waals surface area contributed by atoms with Gasteiger partial charge in [-0.3, -0.25) is 9.78 Å². The lowest BCUT2D eigenvalue weighted by molar-refractivity contribution is -0.137. The van der Waals surface area contributed by atoms with Crippen LogP contribution in [0.4, 0.5) is 11.4 Å². The van der Waals surface area contributed by atoms with E-state index >= 15 is 0 Å². The number of nitrogens with zero attached hydrogens (tertiary/aromatic N) is 1. The third kappa shape index (κ3) is 6.30. The van der Waals surface area contributed by atoms with Crippen molar-refractivity contribution < 1.29 is 19.4 Å². The van der Waals surface area contributed by atoms with Gasteiger partial charge in [0, 0.05) is 26.0 Å². The van der Waals surface area contributed by atoms with Crippen LogP contribution in [-0.4, -0.2) is 36.4 Å². The van der Waals surface area contributed by atoms with E-state index in [-0.39, 0.29) is 12.3 Å². The Kier molecular flexibility index (Phi) is 9.06. The highest BCUT2D eigenvalue weighted by atomic mass is 16.5. The Morgan fingerprint density at radius 3 is 2.59 bits per heavy atom. The van der Waals surface area contributed by atoms with Crippen LogP contribution in [0, 0.1) is 5.92 Å². The van der Waals surface area contributed by atoms with E-state index < -0.39 is 5.97 Å². The summed E-state index contributed by atoms with van der Waals surface area (Å²) < 4.78 is 10.8. The van der Waals surface area contributed by atoms with Crippen LogP contribution in [0.5, 0.6) is 0 Å². The van der Waals surface area contributed by atoms with Gasteiger partial charge in [0.15, 0.2) is 0 Å². The number of ether oxygens (including phenoxy) is 2. The number of hydrogen-bond acceptors (Lipinski definition) is 5. The van der Waals surface area contributed by atoms with E-state index in [0.717, 1.165) is 61.5 Å². The predicted molar refractivity (Wildman–Crippen MR) is 127 cm³/mol. The van der Waals surface area contributed by atoms with E-state index in [1.807, 2.05) is 25.3 Å². The molecular formula is C26H36N2O4.